The number of nitrogens with zero attached hydrogens (tertiary/aromatic N) is 1. The minimum Gasteiger partial charge on any atom is -0.454 e. The molecular weight excluding hydrogens is 292 g/mol. The molecule has 5 heteroatoms. The van der Waals surface area contributed by atoms with Crippen molar-refractivity contribution in [1.82, 2.24) is 0 Å². The molecule has 1 heterocycles. The van der Waals surface area contributed by atoms with E-state index in [9.17, 15) is 4.79 Å². The number of benzene rings is 2. The molecule has 1 aliphatic heterocycles. The average molecular weight is 306 g/mol. The number of rotatable bonds is 3. The Morgan fingerprint density at radius 1 is 1.09 bits per heavy atom. The molecule has 0 bridgehead atoms. The lowest BCUT2D eigenvalue weighted by molar-refractivity contribution is -0.118. The van der Waals surface area contributed by atoms with Crippen molar-refractivity contribution in [3.05, 3.63) is 53.6 Å². The number of hydrogen-bond donors (Lipinski definition) is 1. The van der Waals surface area contributed by atoms with Gasteiger partial charge in [-0.25, -0.2) is 0 Å². The van der Waals surface area contributed by atoms with Gasteiger partial charge >= 0.3 is 0 Å². The lowest BCUT2D eigenvalue weighted by Crippen LogP contribution is -2.27. The molecule has 5 nitrogen and oxygen atoms in total. The smallest absolute Gasteiger partial charge is 0.235 e. The molecule has 2 aromatic rings. The van der Waals surface area contributed by atoms with Crippen LogP contribution in [0.15, 0.2) is 42.5 Å². The largest absolute Gasteiger partial charge is 0.454 e. The number of nitrogens with one attached hydrogen (secondary N) is 1. The van der Waals surface area contributed by atoms with E-state index in [4.69, 9.17) is 14.7 Å². The molecular formula is C18H14N2O3. The number of amides is 1. The van der Waals surface area contributed by atoms with Crippen LogP contribution in [0, 0.1) is 11.3 Å². The van der Waals surface area contributed by atoms with Gasteiger partial charge < -0.3 is 14.8 Å². The summed E-state index contributed by atoms with van der Waals surface area (Å²) in [6.45, 7) is 0.225. The van der Waals surface area contributed by atoms with Gasteiger partial charge in [-0.05, 0) is 54.8 Å². The number of anilines is 1. The highest BCUT2D eigenvalue weighted by Gasteiger charge is 2.51. The second-order valence-corrected chi connectivity index (χ2v) is 5.79. The summed E-state index contributed by atoms with van der Waals surface area (Å²) in [7, 11) is 0. The second kappa shape index (κ2) is 5.03. The molecule has 0 spiro atoms. The van der Waals surface area contributed by atoms with Gasteiger partial charge in [-0.1, -0.05) is 6.07 Å². The van der Waals surface area contributed by atoms with Crippen LogP contribution in [0.3, 0.4) is 0 Å². The normalized spacial score (nSPS) is 16.5. The van der Waals surface area contributed by atoms with Gasteiger partial charge in [-0.3, -0.25) is 4.79 Å². The van der Waals surface area contributed by atoms with E-state index in [1.165, 1.54) is 0 Å². The third kappa shape index (κ3) is 2.29. The quantitative estimate of drug-likeness (QED) is 0.946. The molecule has 0 atom stereocenters. The molecule has 0 radical (unpaired) electrons. The fraction of sp³-hybridized carbons (Fsp3) is 0.222. The van der Waals surface area contributed by atoms with Crippen LogP contribution in [-0.4, -0.2) is 12.7 Å². The summed E-state index contributed by atoms with van der Waals surface area (Å²) >= 11 is 0. The van der Waals surface area contributed by atoms with Gasteiger partial charge in [0.05, 0.1) is 17.0 Å². The van der Waals surface area contributed by atoms with Crippen molar-refractivity contribution in [2.75, 3.05) is 12.1 Å². The van der Waals surface area contributed by atoms with Crippen molar-refractivity contribution in [3.63, 3.8) is 0 Å². The summed E-state index contributed by atoms with van der Waals surface area (Å²) in [5.74, 6) is 1.39. The highest BCUT2D eigenvalue weighted by Crippen LogP contribution is 2.51. The number of carbonyl (C=O) groups is 1. The summed E-state index contributed by atoms with van der Waals surface area (Å²) in [4.78, 5) is 12.7. The first-order valence-corrected chi connectivity index (χ1v) is 7.43. The molecule has 4 rings (SSSR count). The minimum atomic E-state index is -0.491. The molecule has 1 aliphatic carbocycles. The van der Waals surface area contributed by atoms with E-state index in [1.54, 1.807) is 24.3 Å². The van der Waals surface area contributed by atoms with Crippen LogP contribution in [0.1, 0.15) is 24.0 Å². The Labute approximate surface area is 133 Å². The third-order valence-electron chi connectivity index (χ3n) is 4.38. The van der Waals surface area contributed by atoms with Gasteiger partial charge in [-0.15, -0.1) is 0 Å². The highest BCUT2D eigenvalue weighted by molar-refractivity contribution is 6.01. The fourth-order valence-corrected chi connectivity index (χ4v) is 2.84. The maximum absolute atomic E-state index is 12.7. The fourth-order valence-electron chi connectivity index (χ4n) is 2.84. The summed E-state index contributed by atoms with van der Waals surface area (Å²) < 4.78 is 10.7. The van der Waals surface area contributed by atoms with E-state index >= 15 is 0 Å². The topological polar surface area (TPSA) is 71.4 Å². The first-order valence-electron chi connectivity index (χ1n) is 7.43. The average Bonchev–Trinajstić information content (AvgIpc) is 3.27. The van der Waals surface area contributed by atoms with Crippen molar-refractivity contribution < 1.29 is 14.3 Å². The maximum Gasteiger partial charge on any atom is 0.235 e. The van der Waals surface area contributed by atoms with E-state index in [1.807, 2.05) is 18.2 Å². The molecule has 2 aromatic carbocycles. The summed E-state index contributed by atoms with van der Waals surface area (Å²) in [5, 5.41) is 11.8. The summed E-state index contributed by atoms with van der Waals surface area (Å²) in [5.41, 5.74) is 1.73. The van der Waals surface area contributed by atoms with Crippen LogP contribution >= 0.6 is 0 Å². The van der Waals surface area contributed by atoms with Crippen molar-refractivity contribution in [1.29, 1.82) is 5.26 Å². The Morgan fingerprint density at radius 2 is 1.83 bits per heavy atom. The zero-order chi connectivity index (χ0) is 15.9. The van der Waals surface area contributed by atoms with Crippen LogP contribution in [0.25, 0.3) is 0 Å². The van der Waals surface area contributed by atoms with Crippen LogP contribution < -0.4 is 14.8 Å². The Morgan fingerprint density at radius 3 is 2.52 bits per heavy atom. The van der Waals surface area contributed by atoms with Gasteiger partial charge in [-0.2, -0.15) is 5.26 Å². The van der Waals surface area contributed by atoms with Crippen molar-refractivity contribution in [2.45, 2.75) is 18.3 Å². The third-order valence-corrected chi connectivity index (χ3v) is 4.38. The molecule has 0 saturated heterocycles. The number of ether oxygens (including phenoxy) is 2. The second-order valence-electron chi connectivity index (χ2n) is 5.79. The van der Waals surface area contributed by atoms with Gasteiger partial charge in [0.1, 0.15) is 0 Å². The van der Waals surface area contributed by atoms with Crippen LogP contribution in [0.5, 0.6) is 11.5 Å². The lowest BCUT2D eigenvalue weighted by Gasteiger charge is -2.16. The van der Waals surface area contributed by atoms with E-state index < -0.39 is 5.41 Å². The SMILES string of the molecule is N#Cc1ccc(NC(=O)C2(c3ccc4c(c3)OCO4)CC2)cc1. The summed E-state index contributed by atoms with van der Waals surface area (Å²) in [6.07, 6.45) is 1.63. The number of nitriles is 1. The van der Waals surface area contributed by atoms with E-state index in [0.717, 1.165) is 24.2 Å². The monoisotopic (exact) mass is 306 g/mol. The Kier molecular flexibility index (Phi) is 2.98. The van der Waals surface area contributed by atoms with E-state index in [-0.39, 0.29) is 12.7 Å². The van der Waals surface area contributed by atoms with Crippen LogP contribution in [0.4, 0.5) is 5.69 Å². The molecule has 1 fully saturated rings. The van der Waals surface area contributed by atoms with Crippen LogP contribution in [-0.2, 0) is 10.2 Å². The zero-order valence-electron chi connectivity index (χ0n) is 12.3. The first kappa shape index (κ1) is 13.6. The predicted molar refractivity (Wildman–Crippen MR) is 83.3 cm³/mol. The molecule has 1 N–H and O–H groups in total. The maximum atomic E-state index is 12.7. The van der Waals surface area contributed by atoms with Gasteiger partial charge in [0.25, 0.3) is 0 Å². The molecule has 0 unspecified atom stereocenters. The first-order chi connectivity index (χ1) is 11.2. The molecule has 1 amide bonds. The van der Waals surface area contributed by atoms with Crippen molar-refractivity contribution in [3.8, 4) is 17.6 Å². The van der Waals surface area contributed by atoms with E-state index in [0.29, 0.717) is 17.0 Å². The van der Waals surface area contributed by atoms with Gasteiger partial charge in [0.15, 0.2) is 11.5 Å². The highest BCUT2D eigenvalue weighted by atomic mass is 16.7. The predicted octanol–water partition coefficient (Wildman–Crippen LogP) is 2.96. The van der Waals surface area contributed by atoms with Gasteiger partial charge in [0.2, 0.25) is 12.7 Å². The molecule has 0 aromatic heterocycles. The molecule has 2 aliphatic rings. The Bertz CT molecular complexity index is 817. The minimum absolute atomic E-state index is 0.0268. The molecule has 23 heavy (non-hydrogen) atoms. The zero-order valence-corrected chi connectivity index (χ0v) is 12.3. The van der Waals surface area contributed by atoms with Crippen LogP contribution in [0.2, 0.25) is 0 Å². The lowest BCUT2D eigenvalue weighted by atomic mass is 9.94. The standard InChI is InChI=1S/C18H14N2O3/c19-10-12-1-4-14(5-2-12)20-17(21)18(7-8-18)13-3-6-15-16(9-13)23-11-22-15/h1-6,9H,7-8,11H2,(H,20,21). The van der Waals surface area contributed by atoms with E-state index in [2.05, 4.69) is 11.4 Å². The number of hydrogen-bond acceptors (Lipinski definition) is 4. The molecule has 1 saturated carbocycles. The van der Waals surface area contributed by atoms with Crippen molar-refractivity contribution in [2.24, 2.45) is 0 Å². The van der Waals surface area contributed by atoms with Gasteiger partial charge in [0, 0.05) is 5.69 Å². The number of carbonyl (C=O) groups excluding carboxylic acids is 1. The Balaban J connectivity index is 1.56. The van der Waals surface area contributed by atoms with Crippen molar-refractivity contribution >= 4 is 11.6 Å². The molecule has 114 valence electrons. The Hall–Kier alpha value is -3.00. The summed E-state index contributed by atoms with van der Waals surface area (Å²) in [6, 6.07) is 14.6. The number of fused-ring (bicyclic) bond motifs is 1.